The van der Waals surface area contributed by atoms with Crippen LogP contribution in [-0.4, -0.2) is 12.4 Å². The lowest BCUT2D eigenvalue weighted by Gasteiger charge is -2.08. The molecule has 2 aromatic rings. The highest BCUT2D eigenvalue weighted by Gasteiger charge is 1.97. The fourth-order valence-electron chi connectivity index (χ4n) is 1.67. The molecule has 0 heterocycles. The Labute approximate surface area is 113 Å². The van der Waals surface area contributed by atoms with Gasteiger partial charge in [0.2, 0.25) is 0 Å². The maximum absolute atomic E-state index is 5.76. The summed E-state index contributed by atoms with van der Waals surface area (Å²) in [7, 11) is 0. The first kappa shape index (κ1) is 13.0. The summed E-state index contributed by atoms with van der Waals surface area (Å²) in [5, 5.41) is 0. The average Bonchev–Trinajstić information content (AvgIpc) is 2.42. The predicted molar refractivity (Wildman–Crippen MR) is 78.5 cm³/mol. The normalized spacial score (nSPS) is 10.3. The second-order valence-electron chi connectivity index (χ2n) is 4.13. The van der Waals surface area contributed by atoms with Crippen LogP contribution in [0.3, 0.4) is 0 Å². The van der Waals surface area contributed by atoms with Crippen molar-refractivity contribution in [2.24, 2.45) is 0 Å². The molecule has 0 unspecified atom stereocenters. The largest absolute Gasteiger partial charge is 0.493 e. The molecule has 0 aliphatic heterocycles. The zero-order chi connectivity index (χ0) is 12.6. The van der Waals surface area contributed by atoms with Crippen LogP contribution in [0.4, 0.5) is 0 Å². The van der Waals surface area contributed by atoms with Gasteiger partial charge in [-0.15, -0.1) is 11.8 Å². The van der Waals surface area contributed by atoms with Crippen molar-refractivity contribution in [2.45, 2.75) is 18.2 Å². The number of benzene rings is 2. The average molecular weight is 258 g/mol. The number of hydrogen-bond acceptors (Lipinski definition) is 2. The Balaban J connectivity index is 1.66. The van der Waals surface area contributed by atoms with E-state index in [1.807, 2.05) is 36.0 Å². The number of aryl methyl sites for hydroxylation is 1. The standard InChI is InChI=1S/C16H18OS/c1-14-8-5-6-11-16(14)17-12-7-13-18-15-9-3-2-4-10-15/h2-6,8-11H,7,12-13H2,1H3. The van der Waals surface area contributed by atoms with Gasteiger partial charge in [0.15, 0.2) is 0 Å². The highest BCUT2D eigenvalue weighted by atomic mass is 32.2. The van der Waals surface area contributed by atoms with Gasteiger partial charge in [0.1, 0.15) is 5.75 Å². The lowest BCUT2D eigenvalue weighted by Crippen LogP contribution is -1.99. The van der Waals surface area contributed by atoms with E-state index in [0.717, 1.165) is 24.5 Å². The summed E-state index contributed by atoms with van der Waals surface area (Å²) >= 11 is 1.88. The molecule has 0 N–H and O–H groups in total. The summed E-state index contributed by atoms with van der Waals surface area (Å²) in [6, 6.07) is 18.6. The number of hydrogen-bond donors (Lipinski definition) is 0. The summed E-state index contributed by atoms with van der Waals surface area (Å²) in [4.78, 5) is 1.33. The third-order valence-corrected chi connectivity index (χ3v) is 3.75. The van der Waals surface area contributed by atoms with Gasteiger partial charge in [-0.25, -0.2) is 0 Å². The molecule has 0 aliphatic carbocycles. The predicted octanol–water partition coefficient (Wildman–Crippen LogP) is 4.56. The van der Waals surface area contributed by atoms with Crippen molar-refractivity contribution in [3.63, 3.8) is 0 Å². The molecule has 0 aromatic heterocycles. The maximum Gasteiger partial charge on any atom is 0.122 e. The van der Waals surface area contributed by atoms with E-state index < -0.39 is 0 Å². The number of rotatable bonds is 6. The summed E-state index contributed by atoms with van der Waals surface area (Å²) < 4.78 is 5.76. The second-order valence-corrected chi connectivity index (χ2v) is 5.30. The minimum Gasteiger partial charge on any atom is -0.493 e. The molecule has 2 heteroatoms. The molecule has 2 aromatic carbocycles. The van der Waals surface area contributed by atoms with Gasteiger partial charge in [-0.05, 0) is 37.1 Å². The first-order chi connectivity index (χ1) is 8.86. The van der Waals surface area contributed by atoms with Crippen molar-refractivity contribution in [3.8, 4) is 5.75 Å². The van der Waals surface area contributed by atoms with E-state index in [1.165, 1.54) is 10.5 Å². The van der Waals surface area contributed by atoms with Gasteiger partial charge < -0.3 is 4.74 Å². The van der Waals surface area contributed by atoms with E-state index in [1.54, 1.807) is 0 Å². The van der Waals surface area contributed by atoms with E-state index in [0.29, 0.717) is 0 Å². The third kappa shape index (κ3) is 4.11. The molecule has 2 rings (SSSR count). The first-order valence-corrected chi connectivity index (χ1v) is 7.21. The molecule has 0 saturated carbocycles. The third-order valence-electron chi connectivity index (χ3n) is 2.65. The topological polar surface area (TPSA) is 9.23 Å². The van der Waals surface area contributed by atoms with Gasteiger partial charge in [0, 0.05) is 10.6 Å². The van der Waals surface area contributed by atoms with E-state index in [4.69, 9.17) is 4.74 Å². The van der Waals surface area contributed by atoms with Gasteiger partial charge >= 0.3 is 0 Å². The quantitative estimate of drug-likeness (QED) is 0.555. The maximum atomic E-state index is 5.76. The molecular weight excluding hydrogens is 240 g/mol. The van der Waals surface area contributed by atoms with Crippen LogP contribution < -0.4 is 4.74 Å². The van der Waals surface area contributed by atoms with Crippen LogP contribution in [0.25, 0.3) is 0 Å². The van der Waals surface area contributed by atoms with E-state index in [-0.39, 0.29) is 0 Å². The van der Waals surface area contributed by atoms with Crippen LogP contribution in [0.5, 0.6) is 5.75 Å². The lowest BCUT2D eigenvalue weighted by molar-refractivity contribution is 0.316. The molecule has 94 valence electrons. The molecule has 0 radical (unpaired) electrons. The summed E-state index contributed by atoms with van der Waals surface area (Å²) in [5.74, 6) is 2.10. The highest BCUT2D eigenvalue weighted by molar-refractivity contribution is 7.99. The van der Waals surface area contributed by atoms with Gasteiger partial charge in [-0.3, -0.25) is 0 Å². The highest BCUT2D eigenvalue weighted by Crippen LogP contribution is 2.19. The molecular formula is C16H18OS. The number of thioether (sulfide) groups is 1. The molecule has 18 heavy (non-hydrogen) atoms. The van der Waals surface area contributed by atoms with Crippen molar-refractivity contribution in [3.05, 3.63) is 60.2 Å². The summed E-state index contributed by atoms with van der Waals surface area (Å²) in [5.41, 5.74) is 1.20. The Kier molecular flexibility index (Phi) is 5.15. The Morgan fingerprint density at radius 3 is 2.44 bits per heavy atom. The van der Waals surface area contributed by atoms with Crippen molar-refractivity contribution in [1.82, 2.24) is 0 Å². The summed E-state index contributed by atoms with van der Waals surface area (Å²) in [6.45, 7) is 2.86. The van der Waals surface area contributed by atoms with Gasteiger partial charge in [0.05, 0.1) is 6.61 Å². The molecule has 0 bridgehead atoms. The minimum absolute atomic E-state index is 0.782. The van der Waals surface area contributed by atoms with Gasteiger partial charge in [-0.1, -0.05) is 36.4 Å². The van der Waals surface area contributed by atoms with Crippen LogP contribution in [0.15, 0.2) is 59.5 Å². The smallest absolute Gasteiger partial charge is 0.122 e. The van der Waals surface area contributed by atoms with Gasteiger partial charge in [0.25, 0.3) is 0 Å². The van der Waals surface area contributed by atoms with E-state index >= 15 is 0 Å². The summed E-state index contributed by atoms with van der Waals surface area (Å²) in [6.07, 6.45) is 1.06. The van der Waals surface area contributed by atoms with Crippen LogP contribution in [0, 0.1) is 6.92 Å². The van der Waals surface area contributed by atoms with Crippen molar-refractivity contribution in [1.29, 1.82) is 0 Å². The first-order valence-electron chi connectivity index (χ1n) is 6.22. The molecule has 0 fully saturated rings. The zero-order valence-corrected chi connectivity index (χ0v) is 11.5. The van der Waals surface area contributed by atoms with E-state index in [9.17, 15) is 0 Å². The minimum atomic E-state index is 0.782. The van der Waals surface area contributed by atoms with Crippen LogP contribution >= 0.6 is 11.8 Å². The number of para-hydroxylation sites is 1. The van der Waals surface area contributed by atoms with Crippen molar-refractivity contribution < 1.29 is 4.74 Å². The zero-order valence-electron chi connectivity index (χ0n) is 10.6. The SMILES string of the molecule is Cc1ccccc1OCCCSc1ccccc1. The van der Waals surface area contributed by atoms with Crippen LogP contribution in [-0.2, 0) is 0 Å². The van der Waals surface area contributed by atoms with E-state index in [2.05, 4.69) is 37.3 Å². The molecule has 0 amide bonds. The van der Waals surface area contributed by atoms with Crippen molar-refractivity contribution >= 4 is 11.8 Å². The molecule has 0 atom stereocenters. The Morgan fingerprint density at radius 1 is 0.944 bits per heavy atom. The Bertz CT molecular complexity index is 468. The fraction of sp³-hybridized carbons (Fsp3) is 0.250. The van der Waals surface area contributed by atoms with Crippen molar-refractivity contribution in [2.75, 3.05) is 12.4 Å². The second kappa shape index (κ2) is 7.12. The molecule has 0 aliphatic rings. The molecule has 0 saturated heterocycles. The molecule has 1 nitrogen and oxygen atoms in total. The Morgan fingerprint density at radius 2 is 1.67 bits per heavy atom. The molecule has 0 spiro atoms. The lowest BCUT2D eigenvalue weighted by atomic mass is 10.2. The Hall–Kier alpha value is -1.41. The number of ether oxygens (including phenoxy) is 1. The fourth-order valence-corrected chi connectivity index (χ4v) is 2.51. The van der Waals surface area contributed by atoms with Crippen LogP contribution in [0.2, 0.25) is 0 Å². The van der Waals surface area contributed by atoms with Gasteiger partial charge in [-0.2, -0.15) is 0 Å². The monoisotopic (exact) mass is 258 g/mol. The van der Waals surface area contributed by atoms with Crippen LogP contribution in [0.1, 0.15) is 12.0 Å².